The average molecular weight is 420 g/mol. The van der Waals surface area contributed by atoms with Crippen molar-refractivity contribution in [3.05, 3.63) is 80.7 Å². The fourth-order valence-electron chi connectivity index (χ4n) is 2.02. The molecule has 1 heterocycles. The van der Waals surface area contributed by atoms with Crippen LogP contribution in [0.15, 0.2) is 64.5 Å². The summed E-state index contributed by atoms with van der Waals surface area (Å²) in [4.78, 5) is 24.7. The summed E-state index contributed by atoms with van der Waals surface area (Å²) < 4.78 is 18.9. The number of anilines is 1. The zero-order valence-electron chi connectivity index (χ0n) is 12.7. The predicted octanol–water partition coefficient (Wildman–Crippen LogP) is 5.12. The molecular weight excluding hydrogens is 409 g/mol. The molecule has 1 amide bonds. The summed E-state index contributed by atoms with van der Waals surface area (Å²) in [5.41, 5.74) is 0.667. The minimum absolute atomic E-state index is 0.0927. The largest absolute Gasteiger partial charge is 0.423 e. The highest BCUT2D eigenvalue weighted by Crippen LogP contribution is 2.22. The molecule has 2 aromatic carbocycles. The Kier molecular flexibility index (Phi) is 5.25. The van der Waals surface area contributed by atoms with E-state index in [2.05, 4.69) is 21.2 Å². The zero-order chi connectivity index (χ0) is 17.8. The maximum absolute atomic E-state index is 13.3. The molecule has 0 bridgehead atoms. The molecule has 0 saturated carbocycles. The SMILES string of the molecule is O=C(Nc1ccc(OC(=O)c2cc(F)ccc2Br)cc1)c1cccs1. The third kappa shape index (κ3) is 4.32. The van der Waals surface area contributed by atoms with Crippen molar-refractivity contribution in [1.29, 1.82) is 0 Å². The Morgan fingerprint density at radius 1 is 1.08 bits per heavy atom. The number of carbonyl (C=O) groups excluding carboxylic acids is 2. The van der Waals surface area contributed by atoms with E-state index in [-0.39, 0.29) is 17.2 Å². The standard InChI is InChI=1S/C18H11BrFNO3S/c19-15-8-3-11(20)10-14(15)18(23)24-13-6-4-12(5-7-13)21-17(22)16-2-1-9-25-16/h1-10H,(H,21,22). The van der Waals surface area contributed by atoms with Gasteiger partial charge in [-0.3, -0.25) is 4.79 Å². The third-order valence-electron chi connectivity index (χ3n) is 3.22. The lowest BCUT2D eigenvalue weighted by Crippen LogP contribution is -2.11. The van der Waals surface area contributed by atoms with Crippen molar-refractivity contribution >= 4 is 44.8 Å². The van der Waals surface area contributed by atoms with Crippen molar-refractivity contribution in [1.82, 2.24) is 0 Å². The summed E-state index contributed by atoms with van der Waals surface area (Å²) in [6.45, 7) is 0. The van der Waals surface area contributed by atoms with Crippen LogP contribution in [0.5, 0.6) is 5.75 Å². The molecule has 4 nitrogen and oxygen atoms in total. The first-order chi connectivity index (χ1) is 12.0. The molecule has 0 unspecified atom stereocenters. The van der Waals surface area contributed by atoms with Gasteiger partial charge in [0.2, 0.25) is 0 Å². The Hall–Kier alpha value is -2.51. The lowest BCUT2D eigenvalue weighted by molar-refractivity contribution is 0.0733. The van der Waals surface area contributed by atoms with Crippen LogP contribution in [0.3, 0.4) is 0 Å². The summed E-state index contributed by atoms with van der Waals surface area (Å²) in [7, 11) is 0. The van der Waals surface area contributed by atoms with Crippen molar-refractivity contribution in [3.63, 3.8) is 0 Å². The van der Waals surface area contributed by atoms with E-state index in [1.807, 2.05) is 5.38 Å². The normalized spacial score (nSPS) is 10.3. The van der Waals surface area contributed by atoms with Crippen LogP contribution in [0.4, 0.5) is 10.1 Å². The highest BCUT2D eigenvalue weighted by atomic mass is 79.9. The monoisotopic (exact) mass is 419 g/mol. The minimum Gasteiger partial charge on any atom is -0.423 e. The van der Waals surface area contributed by atoms with Crippen molar-refractivity contribution in [2.45, 2.75) is 0 Å². The fourth-order valence-corrected chi connectivity index (χ4v) is 3.05. The molecular formula is C18H11BrFNO3S. The molecule has 25 heavy (non-hydrogen) atoms. The number of amides is 1. The maximum atomic E-state index is 13.3. The molecule has 3 rings (SSSR count). The van der Waals surface area contributed by atoms with E-state index in [0.717, 1.165) is 6.07 Å². The molecule has 0 saturated heterocycles. The Morgan fingerprint density at radius 3 is 2.52 bits per heavy atom. The lowest BCUT2D eigenvalue weighted by Gasteiger charge is -2.08. The van der Waals surface area contributed by atoms with Crippen LogP contribution in [0.25, 0.3) is 0 Å². The van der Waals surface area contributed by atoms with E-state index in [1.165, 1.54) is 23.5 Å². The number of hydrogen-bond acceptors (Lipinski definition) is 4. The highest BCUT2D eigenvalue weighted by Gasteiger charge is 2.14. The number of esters is 1. The van der Waals surface area contributed by atoms with Crippen LogP contribution in [-0.2, 0) is 0 Å². The van der Waals surface area contributed by atoms with Gasteiger partial charge in [-0.2, -0.15) is 0 Å². The van der Waals surface area contributed by atoms with E-state index in [9.17, 15) is 14.0 Å². The average Bonchev–Trinajstić information content (AvgIpc) is 3.13. The fraction of sp³-hybridized carbons (Fsp3) is 0. The molecule has 1 aromatic heterocycles. The molecule has 0 aliphatic rings. The van der Waals surface area contributed by atoms with Crippen LogP contribution < -0.4 is 10.1 Å². The van der Waals surface area contributed by atoms with Gasteiger partial charge >= 0.3 is 5.97 Å². The number of rotatable bonds is 4. The van der Waals surface area contributed by atoms with Gasteiger partial charge in [-0.25, -0.2) is 9.18 Å². The van der Waals surface area contributed by atoms with Gasteiger partial charge in [0.05, 0.1) is 10.4 Å². The van der Waals surface area contributed by atoms with Gasteiger partial charge < -0.3 is 10.1 Å². The third-order valence-corrected chi connectivity index (χ3v) is 4.78. The summed E-state index contributed by atoms with van der Waals surface area (Å²) in [6, 6.07) is 13.6. The van der Waals surface area contributed by atoms with E-state index in [0.29, 0.717) is 15.0 Å². The second-order valence-electron chi connectivity index (χ2n) is 4.97. The van der Waals surface area contributed by atoms with Gasteiger partial charge in [-0.15, -0.1) is 11.3 Å². The van der Waals surface area contributed by atoms with Gasteiger partial charge in [-0.05, 0) is 69.8 Å². The van der Waals surface area contributed by atoms with Gasteiger partial charge in [-0.1, -0.05) is 6.07 Å². The minimum atomic E-state index is -0.679. The Morgan fingerprint density at radius 2 is 1.84 bits per heavy atom. The van der Waals surface area contributed by atoms with Gasteiger partial charge in [0.15, 0.2) is 0 Å². The molecule has 0 radical (unpaired) electrons. The number of carbonyl (C=O) groups is 2. The number of thiophene rings is 1. The number of halogens is 2. The summed E-state index contributed by atoms with van der Waals surface area (Å²) in [5.74, 6) is -1.12. The summed E-state index contributed by atoms with van der Waals surface area (Å²) >= 11 is 4.53. The van der Waals surface area contributed by atoms with Crippen LogP contribution in [0.2, 0.25) is 0 Å². The summed E-state index contributed by atoms with van der Waals surface area (Å²) in [6.07, 6.45) is 0. The first-order valence-corrected chi connectivity index (χ1v) is 8.82. The molecule has 0 atom stereocenters. The smallest absolute Gasteiger partial charge is 0.344 e. The van der Waals surface area contributed by atoms with Crippen molar-refractivity contribution in [2.24, 2.45) is 0 Å². The Labute approximate surface area is 155 Å². The number of benzene rings is 2. The van der Waals surface area contributed by atoms with Crippen LogP contribution >= 0.6 is 27.3 Å². The van der Waals surface area contributed by atoms with E-state index >= 15 is 0 Å². The number of nitrogens with one attached hydrogen (secondary N) is 1. The van der Waals surface area contributed by atoms with Gasteiger partial charge in [0.25, 0.3) is 5.91 Å². The van der Waals surface area contributed by atoms with E-state index < -0.39 is 11.8 Å². The molecule has 0 aliphatic heterocycles. The topological polar surface area (TPSA) is 55.4 Å². The van der Waals surface area contributed by atoms with Crippen molar-refractivity contribution < 1.29 is 18.7 Å². The molecule has 0 fully saturated rings. The van der Waals surface area contributed by atoms with Gasteiger partial charge in [0, 0.05) is 10.2 Å². The predicted molar refractivity (Wildman–Crippen MR) is 97.8 cm³/mol. The molecule has 3 aromatic rings. The van der Waals surface area contributed by atoms with Crippen molar-refractivity contribution in [2.75, 3.05) is 5.32 Å². The van der Waals surface area contributed by atoms with Crippen LogP contribution in [0, 0.1) is 5.82 Å². The van der Waals surface area contributed by atoms with E-state index in [4.69, 9.17) is 4.74 Å². The van der Waals surface area contributed by atoms with Crippen LogP contribution in [0.1, 0.15) is 20.0 Å². The van der Waals surface area contributed by atoms with E-state index in [1.54, 1.807) is 36.4 Å². The zero-order valence-corrected chi connectivity index (χ0v) is 15.1. The quantitative estimate of drug-likeness (QED) is 0.471. The number of hydrogen-bond donors (Lipinski definition) is 1. The van der Waals surface area contributed by atoms with Gasteiger partial charge in [0.1, 0.15) is 11.6 Å². The highest BCUT2D eigenvalue weighted by molar-refractivity contribution is 9.10. The number of ether oxygens (including phenoxy) is 1. The van der Waals surface area contributed by atoms with Crippen molar-refractivity contribution in [3.8, 4) is 5.75 Å². The Balaban J connectivity index is 1.67. The molecule has 126 valence electrons. The lowest BCUT2D eigenvalue weighted by atomic mass is 10.2. The van der Waals surface area contributed by atoms with Crippen LogP contribution in [-0.4, -0.2) is 11.9 Å². The molecule has 0 aliphatic carbocycles. The second-order valence-corrected chi connectivity index (χ2v) is 6.77. The summed E-state index contributed by atoms with van der Waals surface area (Å²) in [5, 5.41) is 4.57. The second kappa shape index (κ2) is 7.58. The first kappa shape index (κ1) is 17.3. The Bertz CT molecular complexity index is 911. The molecule has 0 spiro atoms. The molecule has 1 N–H and O–H groups in total. The maximum Gasteiger partial charge on any atom is 0.344 e. The molecule has 7 heteroatoms. The first-order valence-electron chi connectivity index (χ1n) is 7.15.